The van der Waals surface area contributed by atoms with E-state index in [0.717, 1.165) is 41.9 Å². The van der Waals surface area contributed by atoms with E-state index in [-0.39, 0.29) is 10.6 Å². The van der Waals surface area contributed by atoms with Gasteiger partial charge in [-0.25, -0.2) is 4.39 Å². The van der Waals surface area contributed by atoms with E-state index in [1.807, 2.05) is 36.4 Å². The van der Waals surface area contributed by atoms with E-state index >= 15 is 0 Å². The van der Waals surface area contributed by atoms with Crippen LogP contribution in [0.4, 0.5) is 14.9 Å². The lowest BCUT2D eigenvalue weighted by molar-refractivity contribution is -0.127. The first-order chi connectivity index (χ1) is 16.8. The Morgan fingerprint density at radius 2 is 1.89 bits per heavy atom. The van der Waals surface area contributed by atoms with Crippen LogP contribution in [0.1, 0.15) is 11.1 Å². The van der Waals surface area contributed by atoms with Crippen LogP contribution in [0.2, 0.25) is 0 Å². The fraction of sp³-hybridized carbons (Fsp3) is 0.0800. The van der Waals surface area contributed by atoms with Gasteiger partial charge in [0.1, 0.15) is 24.7 Å². The molecule has 1 heterocycles. The van der Waals surface area contributed by atoms with E-state index in [1.54, 1.807) is 12.1 Å². The number of thioether (sulfide) groups is 1. The third-order valence-electron chi connectivity index (χ3n) is 4.84. The molecule has 0 atom stereocenters. The summed E-state index contributed by atoms with van der Waals surface area (Å²) in [5.41, 5.74) is 2.00. The molecular formula is C25H17BrFIN2O4S. The molecule has 35 heavy (non-hydrogen) atoms. The fourth-order valence-corrected chi connectivity index (χ4v) is 4.96. The second-order valence-electron chi connectivity index (χ2n) is 7.43. The highest BCUT2D eigenvalue weighted by Crippen LogP contribution is 2.33. The quantitative estimate of drug-likeness (QED) is 0.232. The van der Waals surface area contributed by atoms with Gasteiger partial charge in [0.25, 0.3) is 11.1 Å². The van der Waals surface area contributed by atoms with Crippen molar-refractivity contribution >= 4 is 79.1 Å². The maximum Gasteiger partial charge on any atom is 0.294 e. The molecule has 1 saturated heterocycles. The number of halogens is 3. The van der Waals surface area contributed by atoms with Crippen molar-refractivity contribution < 1.29 is 23.5 Å². The lowest BCUT2D eigenvalue weighted by atomic mass is 10.2. The third-order valence-corrected chi connectivity index (χ3v) is 7.12. The van der Waals surface area contributed by atoms with Gasteiger partial charge in [0.05, 0.1) is 8.48 Å². The summed E-state index contributed by atoms with van der Waals surface area (Å²) in [6.07, 6.45) is 1.61. The highest BCUT2D eigenvalue weighted by Gasteiger charge is 2.36. The van der Waals surface area contributed by atoms with E-state index in [0.29, 0.717) is 12.4 Å². The molecule has 0 bridgehead atoms. The predicted molar refractivity (Wildman–Crippen MR) is 145 cm³/mol. The first-order valence-electron chi connectivity index (χ1n) is 10.3. The predicted octanol–water partition coefficient (Wildman–Crippen LogP) is 6.45. The number of hydrogen-bond donors (Lipinski definition) is 1. The van der Waals surface area contributed by atoms with Crippen LogP contribution in [-0.4, -0.2) is 28.5 Å². The molecule has 1 N–H and O–H groups in total. The molecule has 0 aliphatic carbocycles. The molecule has 0 spiro atoms. The molecule has 1 aliphatic rings. The van der Waals surface area contributed by atoms with Crippen LogP contribution in [-0.2, 0) is 16.2 Å². The smallest absolute Gasteiger partial charge is 0.294 e. The zero-order valence-electron chi connectivity index (χ0n) is 18.0. The standard InChI is InChI=1S/C25H17BrFIN2O4S/c26-17-7-4-15(5-8-17)14-34-21-9-6-16(10-20(21)28)11-22-24(32)30(25(33)35-22)13-23(31)29-19-3-1-2-18(27)12-19/h1-12H,13-14H2,(H,29,31)/b22-11+. The van der Waals surface area contributed by atoms with E-state index in [9.17, 15) is 18.8 Å². The first-order valence-corrected chi connectivity index (χ1v) is 12.9. The van der Waals surface area contributed by atoms with Gasteiger partial charge in [0.2, 0.25) is 5.91 Å². The fourth-order valence-electron chi connectivity index (χ4n) is 3.16. The van der Waals surface area contributed by atoms with Crippen LogP contribution in [0.15, 0.2) is 76.1 Å². The van der Waals surface area contributed by atoms with Crippen molar-refractivity contribution in [2.75, 3.05) is 11.9 Å². The first kappa shape index (κ1) is 25.4. The number of anilines is 1. The van der Waals surface area contributed by atoms with Gasteiger partial charge in [0, 0.05) is 10.2 Å². The number of nitrogens with one attached hydrogen (secondary N) is 1. The molecule has 3 aromatic rings. The summed E-state index contributed by atoms with van der Waals surface area (Å²) >= 11 is 6.33. The number of hydrogen-bond acceptors (Lipinski definition) is 5. The molecule has 0 unspecified atom stereocenters. The molecule has 178 valence electrons. The highest BCUT2D eigenvalue weighted by atomic mass is 127. The van der Waals surface area contributed by atoms with Crippen molar-refractivity contribution in [3.8, 4) is 5.75 Å². The van der Waals surface area contributed by atoms with Gasteiger partial charge in [0.15, 0.2) is 0 Å². The molecule has 0 aromatic heterocycles. The Hall–Kier alpha value is -2.70. The van der Waals surface area contributed by atoms with Gasteiger partial charge in [-0.1, -0.05) is 40.2 Å². The molecule has 10 heteroatoms. The van der Waals surface area contributed by atoms with Crippen molar-refractivity contribution in [3.05, 3.63) is 96.6 Å². The number of imide groups is 1. The summed E-state index contributed by atoms with van der Waals surface area (Å²) in [5.74, 6) is -0.954. The Bertz CT molecular complexity index is 1330. The van der Waals surface area contributed by atoms with Crippen LogP contribution in [0.5, 0.6) is 5.75 Å². The second-order valence-corrected chi connectivity index (χ2v) is 10.5. The molecule has 0 saturated carbocycles. The summed E-state index contributed by atoms with van der Waals surface area (Å²) in [6.45, 7) is -0.0436. The maximum absolute atomic E-state index is 13.3. The largest absolute Gasteiger partial charge is 0.488 e. The van der Waals surface area contributed by atoms with Crippen molar-refractivity contribution in [2.24, 2.45) is 0 Å². The number of carbonyl (C=O) groups excluding carboxylic acids is 3. The molecule has 3 amide bonds. The van der Waals surface area contributed by atoms with Gasteiger partial charge < -0.3 is 10.1 Å². The van der Waals surface area contributed by atoms with Gasteiger partial charge >= 0.3 is 0 Å². The third kappa shape index (κ3) is 6.71. The maximum atomic E-state index is 13.3. The van der Waals surface area contributed by atoms with Crippen molar-refractivity contribution in [2.45, 2.75) is 6.61 Å². The Kier molecular flexibility index (Phi) is 8.24. The van der Waals surface area contributed by atoms with Crippen LogP contribution in [0, 0.1) is 9.39 Å². The monoisotopic (exact) mass is 666 g/mol. The Balaban J connectivity index is 1.39. The number of carbonyl (C=O) groups is 3. The highest BCUT2D eigenvalue weighted by molar-refractivity contribution is 14.1. The average Bonchev–Trinajstić information content (AvgIpc) is 3.07. The van der Waals surface area contributed by atoms with Gasteiger partial charge in [-0.05, 0) is 94.0 Å². The molecule has 1 aliphatic heterocycles. The van der Waals surface area contributed by atoms with Gasteiger partial charge in [-0.2, -0.15) is 0 Å². The van der Waals surface area contributed by atoms with Crippen molar-refractivity contribution in [1.82, 2.24) is 4.90 Å². The number of benzene rings is 3. The minimum atomic E-state index is -0.596. The Labute approximate surface area is 227 Å². The number of ether oxygens (including phenoxy) is 1. The number of nitrogens with zero attached hydrogens (tertiary/aromatic N) is 1. The summed E-state index contributed by atoms with van der Waals surface area (Å²) in [7, 11) is 0. The van der Waals surface area contributed by atoms with Crippen LogP contribution >= 0.6 is 50.3 Å². The zero-order valence-corrected chi connectivity index (χ0v) is 22.5. The summed E-state index contributed by atoms with van der Waals surface area (Å²) < 4.78 is 21.0. The number of rotatable bonds is 7. The van der Waals surface area contributed by atoms with Crippen molar-refractivity contribution in [1.29, 1.82) is 0 Å². The zero-order chi connectivity index (χ0) is 24.9. The van der Waals surface area contributed by atoms with Crippen molar-refractivity contribution in [3.63, 3.8) is 0 Å². The van der Waals surface area contributed by atoms with Crippen LogP contribution in [0.3, 0.4) is 0 Å². The second kappa shape index (κ2) is 11.4. The number of amides is 3. The van der Waals surface area contributed by atoms with E-state index in [2.05, 4.69) is 43.8 Å². The SMILES string of the molecule is O=C(CN1C(=O)S/C(=C/c2ccc(OCc3ccc(Br)cc3)c(I)c2)C1=O)Nc1cccc(F)c1. The van der Waals surface area contributed by atoms with Crippen LogP contribution < -0.4 is 10.1 Å². The van der Waals surface area contributed by atoms with Gasteiger partial charge in [-0.3, -0.25) is 19.3 Å². The molecular weight excluding hydrogens is 650 g/mol. The molecule has 0 radical (unpaired) electrons. The summed E-state index contributed by atoms with van der Waals surface area (Å²) in [5, 5.41) is 1.94. The molecule has 4 rings (SSSR count). The lowest BCUT2D eigenvalue weighted by Gasteiger charge is -2.12. The lowest BCUT2D eigenvalue weighted by Crippen LogP contribution is -2.36. The topological polar surface area (TPSA) is 75.7 Å². The normalized spacial score (nSPS) is 14.5. The van der Waals surface area contributed by atoms with Gasteiger partial charge in [-0.15, -0.1) is 0 Å². The molecule has 3 aromatic carbocycles. The Morgan fingerprint density at radius 3 is 2.60 bits per heavy atom. The molecule has 6 nitrogen and oxygen atoms in total. The minimum absolute atomic E-state index is 0.216. The summed E-state index contributed by atoms with van der Waals surface area (Å²) in [6, 6.07) is 18.7. The average molecular weight is 667 g/mol. The Morgan fingerprint density at radius 1 is 1.11 bits per heavy atom. The van der Waals surface area contributed by atoms with E-state index in [4.69, 9.17) is 4.74 Å². The van der Waals surface area contributed by atoms with Crippen LogP contribution in [0.25, 0.3) is 6.08 Å². The molecule has 1 fully saturated rings. The van der Waals surface area contributed by atoms with E-state index in [1.165, 1.54) is 18.2 Å². The minimum Gasteiger partial charge on any atom is -0.488 e. The summed E-state index contributed by atoms with van der Waals surface area (Å²) in [4.78, 5) is 38.5. The van der Waals surface area contributed by atoms with E-state index < -0.39 is 29.4 Å².